The van der Waals surface area contributed by atoms with Gasteiger partial charge in [0.15, 0.2) is 0 Å². The van der Waals surface area contributed by atoms with Crippen LogP contribution in [0.1, 0.15) is 35.6 Å². The molecule has 0 radical (unpaired) electrons. The lowest BCUT2D eigenvalue weighted by Gasteiger charge is -2.20. The maximum atomic E-state index is 13.1. The van der Waals surface area contributed by atoms with Gasteiger partial charge in [0.2, 0.25) is 0 Å². The minimum Gasteiger partial charge on any atom is -0.367 e. The van der Waals surface area contributed by atoms with Crippen LogP contribution in [0.25, 0.3) is 6.08 Å². The minimum absolute atomic E-state index is 0.0552. The summed E-state index contributed by atoms with van der Waals surface area (Å²) in [6, 6.07) is 9.47. The van der Waals surface area contributed by atoms with Crippen molar-refractivity contribution >= 4 is 57.7 Å². The van der Waals surface area contributed by atoms with E-state index in [-0.39, 0.29) is 17.0 Å². The molecule has 0 unspecified atom stereocenters. The lowest BCUT2D eigenvalue weighted by Crippen LogP contribution is -2.29. The number of pyridine rings is 1. The van der Waals surface area contributed by atoms with Crippen LogP contribution < -0.4 is 10.9 Å². The summed E-state index contributed by atoms with van der Waals surface area (Å²) in [4.78, 5) is 27.9. The quantitative estimate of drug-likeness (QED) is 0.310. The molecule has 1 aliphatic rings. The summed E-state index contributed by atoms with van der Waals surface area (Å²) in [5.74, 6) is 0.306. The number of hydrogen-bond acceptors (Lipinski definition) is 6. The molecule has 1 aromatic heterocycles. The Bertz CT molecular complexity index is 1260. The predicted molar refractivity (Wildman–Crippen MR) is 139 cm³/mol. The molecule has 170 valence electrons. The summed E-state index contributed by atoms with van der Waals surface area (Å²) < 4.78 is 2.00. The van der Waals surface area contributed by atoms with Crippen molar-refractivity contribution in [3.63, 3.8) is 0 Å². The predicted octanol–water partition coefficient (Wildman–Crippen LogP) is 5.09. The molecule has 0 bridgehead atoms. The van der Waals surface area contributed by atoms with Crippen LogP contribution in [-0.2, 0) is 17.9 Å². The first kappa shape index (κ1) is 24.8. The lowest BCUT2D eigenvalue weighted by molar-refractivity contribution is -0.121. The van der Waals surface area contributed by atoms with E-state index in [1.165, 1.54) is 16.7 Å². The zero-order chi connectivity index (χ0) is 24.1. The molecule has 9 heteroatoms. The van der Waals surface area contributed by atoms with Gasteiger partial charge in [-0.3, -0.25) is 19.1 Å². The van der Waals surface area contributed by atoms with E-state index >= 15 is 0 Å². The monoisotopic (exact) mass is 498 g/mol. The number of thiocarbonyl (C=S) groups is 1. The third kappa shape index (κ3) is 5.06. The van der Waals surface area contributed by atoms with Crippen molar-refractivity contribution in [2.24, 2.45) is 0 Å². The van der Waals surface area contributed by atoms with Crippen LogP contribution in [0.3, 0.4) is 0 Å². The van der Waals surface area contributed by atoms with Crippen LogP contribution in [0.2, 0.25) is 5.02 Å². The Labute approximate surface area is 207 Å². The molecule has 2 aromatic rings. The van der Waals surface area contributed by atoms with Gasteiger partial charge in [0, 0.05) is 30.2 Å². The molecule has 0 spiro atoms. The Morgan fingerprint density at radius 2 is 2.06 bits per heavy atom. The molecule has 1 amide bonds. The van der Waals surface area contributed by atoms with Gasteiger partial charge < -0.3 is 5.32 Å². The van der Waals surface area contributed by atoms with Gasteiger partial charge in [-0.25, -0.2) is 0 Å². The SMILES string of the molecule is C=CCN1C(=O)/C(=C\c2c(C)c(C#N)c(=O)n(CCC)c2NCc2ccccc2Cl)SC1=S. The average Bonchev–Trinajstić information content (AvgIpc) is 3.05. The fourth-order valence-corrected chi connectivity index (χ4v) is 4.99. The molecule has 1 fully saturated rings. The van der Waals surface area contributed by atoms with E-state index in [2.05, 4.69) is 11.9 Å². The second kappa shape index (κ2) is 10.8. The van der Waals surface area contributed by atoms with Crippen molar-refractivity contribution in [3.8, 4) is 6.07 Å². The van der Waals surface area contributed by atoms with E-state index < -0.39 is 0 Å². The topological polar surface area (TPSA) is 78.1 Å². The van der Waals surface area contributed by atoms with Gasteiger partial charge in [-0.15, -0.1) is 6.58 Å². The standard InChI is InChI=1S/C24H23ClN4O2S2/c1-4-10-28-21(27-14-16-8-6-7-9-19(16)25)17(15(3)18(13-26)22(28)30)12-20-23(31)29(11-5-2)24(32)33-20/h5-9,12,27H,2,4,10-11,14H2,1,3H3/b20-12+. The van der Waals surface area contributed by atoms with Crippen LogP contribution in [0.4, 0.5) is 5.82 Å². The van der Waals surface area contributed by atoms with Crippen molar-refractivity contribution in [2.45, 2.75) is 33.4 Å². The van der Waals surface area contributed by atoms with Crippen molar-refractivity contribution in [1.82, 2.24) is 9.47 Å². The van der Waals surface area contributed by atoms with Gasteiger partial charge in [0.1, 0.15) is 21.8 Å². The van der Waals surface area contributed by atoms with Crippen molar-refractivity contribution in [3.05, 3.63) is 79.5 Å². The first-order valence-corrected chi connectivity index (χ1v) is 11.9. The largest absolute Gasteiger partial charge is 0.367 e. The summed E-state index contributed by atoms with van der Waals surface area (Å²) in [5, 5.41) is 13.6. The molecular weight excluding hydrogens is 476 g/mol. The van der Waals surface area contributed by atoms with Gasteiger partial charge in [0.05, 0.1) is 4.91 Å². The number of benzene rings is 1. The smallest absolute Gasteiger partial charge is 0.270 e. The maximum absolute atomic E-state index is 13.1. The third-order valence-electron chi connectivity index (χ3n) is 5.19. The van der Waals surface area contributed by atoms with E-state index in [1.807, 2.05) is 31.2 Å². The number of anilines is 1. The number of hydrogen-bond donors (Lipinski definition) is 1. The summed E-state index contributed by atoms with van der Waals surface area (Å²) in [5.41, 5.74) is 1.66. The number of amides is 1. The van der Waals surface area contributed by atoms with E-state index in [1.54, 1.807) is 29.7 Å². The molecule has 1 aromatic carbocycles. The zero-order valence-electron chi connectivity index (χ0n) is 18.4. The van der Waals surface area contributed by atoms with Crippen LogP contribution in [0.15, 0.2) is 46.6 Å². The van der Waals surface area contributed by atoms with Crippen molar-refractivity contribution in [2.75, 3.05) is 11.9 Å². The summed E-state index contributed by atoms with van der Waals surface area (Å²) >= 11 is 12.9. The molecule has 2 heterocycles. The van der Waals surface area contributed by atoms with E-state index in [0.29, 0.717) is 57.2 Å². The summed E-state index contributed by atoms with van der Waals surface area (Å²) in [7, 11) is 0. The first-order valence-electron chi connectivity index (χ1n) is 10.3. The van der Waals surface area contributed by atoms with Crippen LogP contribution in [-0.4, -0.2) is 26.2 Å². The van der Waals surface area contributed by atoms with Crippen LogP contribution in [0.5, 0.6) is 0 Å². The fraction of sp³-hybridized carbons (Fsp3) is 0.250. The number of rotatable bonds is 8. The number of halogens is 1. The maximum Gasteiger partial charge on any atom is 0.270 e. The Kier molecular flexibility index (Phi) is 8.14. The summed E-state index contributed by atoms with van der Waals surface area (Å²) in [6.45, 7) is 8.45. The molecular formula is C24H23ClN4O2S2. The molecule has 0 atom stereocenters. The molecule has 6 nitrogen and oxygen atoms in total. The number of carbonyl (C=O) groups is 1. The zero-order valence-corrected chi connectivity index (χ0v) is 20.7. The highest BCUT2D eigenvalue weighted by atomic mass is 35.5. The highest BCUT2D eigenvalue weighted by molar-refractivity contribution is 8.26. The Morgan fingerprint density at radius 1 is 1.33 bits per heavy atom. The highest BCUT2D eigenvalue weighted by Gasteiger charge is 2.32. The molecule has 0 aliphatic carbocycles. The number of nitriles is 1. The van der Waals surface area contributed by atoms with Crippen molar-refractivity contribution < 1.29 is 4.79 Å². The number of aromatic nitrogens is 1. The lowest BCUT2D eigenvalue weighted by atomic mass is 10.0. The van der Waals surface area contributed by atoms with E-state index in [0.717, 1.165) is 5.56 Å². The second-order valence-electron chi connectivity index (χ2n) is 7.36. The minimum atomic E-state index is -0.366. The van der Waals surface area contributed by atoms with Gasteiger partial charge in [0.25, 0.3) is 11.5 Å². The van der Waals surface area contributed by atoms with E-state index in [9.17, 15) is 14.9 Å². The molecule has 0 saturated carbocycles. The number of carbonyl (C=O) groups excluding carboxylic acids is 1. The Hall–Kier alpha value is -2.86. The molecule has 1 aliphatic heterocycles. The second-order valence-corrected chi connectivity index (χ2v) is 9.44. The Morgan fingerprint density at radius 3 is 2.70 bits per heavy atom. The fourth-order valence-electron chi connectivity index (χ4n) is 3.53. The molecule has 1 N–H and O–H groups in total. The van der Waals surface area contributed by atoms with Gasteiger partial charge in [-0.1, -0.05) is 66.8 Å². The Balaban J connectivity index is 2.18. The normalized spacial score (nSPS) is 14.6. The van der Waals surface area contributed by atoms with Crippen LogP contribution in [0, 0.1) is 18.3 Å². The number of thioether (sulfide) groups is 1. The first-order chi connectivity index (χ1) is 15.8. The van der Waals surface area contributed by atoms with E-state index in [4.69, 9.17) is 23.8 Å². The van der Waals surface area contributed by atoms with Gasteiger partial charge in [-0.05, 0) is 36.6 Å². The molecule has 1 saturated heterocycles. The van der Waals surface area contributed by atoms with Crippen LogP contribution >= 0.6 is 35.6 Å². The number of nitrogens with zero attached hydrogens (tertiary/aromatic N) is 3. The average molecular weight is 499 g/mol. The van der Waals surface area contributed by atoms with Crippen molar-refractivity contribution in [1.29, 1.82) is 5.26 Å². The molecule has 3 rings (SSSR count). The highest BCUT2D eigenvalue weighted by Crippen LogP contribution is 2.35. The van der Waals surface area contributed by atoms with Gasteiger partial charge >= 0.3 is 0 Å². The summed E-state index contributed by atoms with van der Waals surface area (Å²) in [6.07, 6.45) is 4.01. The number of nitrogens with one attached hydrogen (secondary N) is 1. The van der Waals surface area contributed by atoms with Gasteiger partial charge in [-0.2, -0.15) is 5.26 Å². The third-order valence-corrected chi connectivity index (χ3v) is 6.93. The molecule has 33 heavy (non-hydrogen) atoms.